The molecule has 0 amide bonds. The molecule has 0 saturated heterocycles. The number of hydrogen-bond donors (Lipinski definition) is 0. The predicted octanol–water partition coefficient (Wildman–Crippen LogP) is 6.86. The molecule has 0 saturated carbocycles. The molecule has 0 aliphatic rings. The van der Waals surface area contributed by atoms with Gasteiger partial charge >= 0.3 is 6.18 Å². The zero-order valence-electron chi connectivity index (χ0n) is 21.8. The van der Waals surface area contributed by atoms with E-state index in [1.165, 1.54) is 64.8 Å². The number of hydrogen-bond acceptors (Lipinski definition) is 2. The van der Waals surface area contributed by atoms with Crippen molar-refractivity contribution >= 4 is 16.9 Å². The van der Waals surface area contributed by atoms with Crippen LogP contribution in [0.15, 0.2) is 51.1 Å². The molecule has 6 heteroatoms. The van der Waals surface area contributed by atoms with E-state index in [2.05, 4.69) is 98.7 Å². The first kappa shape index (κ1) is 28.5. The SMILES string of the molecule is Cc1cc(C)c([S+](c2c(C)cc(C)cc2C)c2c(C)cc(C)cc2C)c(C)c1.O=C([O-])C(F)(F)F. The third-order valence-corrected chi connectivity index (χ3v) is 8.81. The molecule has 0 aliphatic heterocycles. The molecular weight excluding hydrogens is 469 g/mol. The lowest BCUT2D eigenvalue weighted by atomic mass is 10.1. The van der Waals surface area contributed by atoms with Gasteiger partial charge in [-0.2, -0.15) is 13.2 Å². The molecule has 0 fully saturated rings. The summed E-state index contributed by atoms with van der Waals surface area (Å²) >= 11 is 0. The van der Waals surface area contributed by atoms with Crippen molar-refractivity contribution < 1.29 is 23.1 Å². The molecule has 0 aromatic heterocycles. The molecule has 0 N–H and O–H groups in total. The summed E-state index contributed by atoms with van der Waals surface area (Å²) in [5.74, 6) is -3.01. The first-order chi connectivity index (χ1) is 16.0. The Hall–Kier alpha value is -2.73. The zero-order valence-corrected chi connectivity index (χ0v) is 22.6. The summed E-state index contributed by atoms with van der Waals surface area (Å²) in [6, 6.07) is 14.1. The van der Waals surface area contributed by atoms with Crippen LogP contribution in [0.5, 0.6) is 0 Å². The third kappa shape index (κ3) is 6.69. The summed E-state index contributed by atoms with van der Waals surface area (Å²) in [5, 5.41) is 8.78. The second-order valence-electron chi connectivity index (χ2n) is 9.27. The highest BCUT2D eigenvalue weighted by atomic mass is 32.2. The molecule has 0 atom stereocenters. The van der Waals surface area contributed by atoms with E-state index in [9.17, 15) is 13.2 Å². The van der Waals surface area contributed by atoms with Crippen LogP contribution in [0.1, 0.15) is 50.1 Å². The van der Waals surface area contributed by atoms with Crippen molar-refractivity contribution in [1.29, 1.82) is 0 Å². The van der Waals surface area contributed by atoms with Crippen LogP contribution in [-0.2, 0) is 15.7 Å². The van der Waals surface area contributed by atoms with Crippen molar-refractivity contribution in [3.63, 3.8) is 0 Å². The monoisotopic (exact) mass is 502 g/mol. The Labute approximate surface area is 209 Å². The third-order valence-electron chi connectivity index (χ3n) is 5.66. The van der Waals surface area contributed by atoms with Crippen LogP contribution in [0, 0.1) is 62.3 Å². The standard InChI is InChI=1S/C27H33S.C2HF3O2/c1-16-10-19(4)25(20(5)11-16)28(26-21(6)12-17(2)13-22(26)7)27-23(8)14-18(3)15-24(27)9;3-2(4,5)1(6)7/h10-15H,1-9H3;(H,6,7)/q+1;/p-1. The highest BCUT2D eigenvalue weighted by molar-refractivity contribution is 7.97. The first-order valence-electron chi connectivity index (χ1n) is 11.3. The molecule has 0 aliphatic carbocycles. The van der Waals surface area contributed by atoms with Gasteiger partial charge in [-0.3, -0.25) is 0 Å². The van der Waals surface area contributed by atoms with E-state index in [0.717, 1.165) is 0 Å². The molecule has 35 heavy (non-hydrogen) atoms. The second kappa shape index (κ2) is 10.9. The fraction of sp³-hybridized carbons (Fsp3) is 0.345. The molecule has 3 aromatic carbocycles. The van der Waals surface area contributed by atoms with Gasteiger partial charge in [0, 0.05) is 33.4 Å². The van der Waals surface area contributed by atoms with Gasteiger partial charge in [0.15, 0.2) is 14.7 Å². The maximum absolute atomic E-state index is 10.5. The van der Waals surface area contributed by atoms with Gasteiger partial charge in [0.25, 0.3) is 0 Å². The number of carboxylic acids is 1. The number of carboxylic acid groups (broad SMARTS) is 1. The average Bonchev–Trinajstić information content (AvgIpc) is 2.65. The quantitative estimate of drug-likeness (QED) is 0.367. The molecule has 0 bridgehead atoms. The van der Waals surface area contributed by atoms with Gasteiger partial charge in [0.1, 0.15) is 16.9 Å². The maximum atomic E-state index is 10.5. The first-order valence-corrected chi connectivity index (χ1v) is 12.5. The molecule has 3 aromatic rings. The number of rotatable bonds is 3. The summed E-state index contributed by atoms with van der Waals surface area (Å²) in [7, 11) is -0.109. The summed E-state index contributed by atoms with van der Waals surface area (Å²) in [6.45, 7) is 20.3. The molecule has 2 nitrogen and oxygen atoms in total. The minimum absolute atomic E-state index is 0.109. The van der Waals surface area contributed by atoms with Crippen LogP contribution in [-0.4, -0.2) is 12.1 Å². The number of carbonyl (C=O) groups is 1. The van der Waals surface area contributed by atoms with E-state index in [1.807, 2.05) is 0 Å². The number of benzene rings is 3. The maximum Gasteiger partial charge on any atom is 0.430 e. The Morgan fingerprint density at radius 1 is 0.571 bits per heavy atom. The number of alkyl halides is 3. The topological polar surface area (TPSA) is 40.1 Å². The van der Waals surface area contributed by atoms with E-state index in [-0.39, 0.29) is 10.9 Å². The number of aliphatic carboxylic acids is 1. The van der Waals surface area contributed by atoms with Gasteiger partial charge < -0.3 is 9.90 Å². The number of aryl methyl sites for hydroxylation is 9. The van der Waals surface area contributed by atoms with E-state index in [1.54, 1.807) is 0 Å². The summed E-state index contributed by atoms with van der Waals surface area (Å²) in [5.41, 5.74) is 12.4. The number of carbonyl (C=O) groups excluding carboxylic acids is 1. The van der Waals surface area contributed by atoms with Crippen molar-refractivity contribution in [3.05, 3.63) is 86.5 Å². The average molecular weight is 503 g/mol. The minimum Gasteiger partial charge on any atom is -0.542 e. The normalized spacial score (nSPS) is 11.3. The Bertz CT molecular complexity index is 1050. The summed E-state index contributed by atoms with van der Waals surface area (Å²) in [4.78, 5) is 13.3. The molecule has 0 heterocycles. The lowest BCUT2D eigenvalue weighted by molar-refractivity contribution is -0.344. The van der Waals surface area contributed by atoms with Crippen LogP contribution >= 0.6 is 0 Å². The second-order valence-corrected chi connectivity index (χ2v) is 11.1. The predicted molar refractivity (Wildman–Crippen MR) is 135 cm³/mol. The van der Waals surface area contributed by atoms with Gasteiger partial charge in [-0.15, -0.1) is 0 Å². The zero-order chi connectivity index (χ0) is 26.8. The van der Waals surface area contributed by atoms with E-state index < -0.39 is 12.1 Å². The van der Waals surface area contributed by atoms with Crippen LogP contribution in [0.25, 0.3) is 0 Å². The smallest absolute Gasteiger partial charge is 0.430 e. The van der Waals surface area contributed by atoms with Gasteiger partial charge in [-0.05, 0) is 62.3 Å². The summed E-state index contributed by atoms with van der Waals surface area (Å²) < 4.78 is 31.5. The minimum atomic E-state index is -5.19. The van der Waals surface area contributed by atoms with Crippen molar-refractivity contribution in [2.24, 2.45) is 0 Å². The summed E-state index contributed by atoms with van der Waals surface area (Å²) in [6.07, 6.45) is -5.19. The Morgan fingerprint density at radius 2 is 0.743 bits per heavy atom. The number of halogens is 3. The van der Waals surface area contributed by atoms with Crippen LogP contribution in [0.3, 0.4) is 0 Å². The van der Waals surface area contributed by atoms with E-state index in [4.69, 9.17) is 9.90 Å². The van der Waals surface area contributed by atoms with Gasteiger partial charge in [0.05, 0.1) is 0 Å². The molecular formula is C29H33F3O2S. The highest BCUT2D eigenvalue weighted by Gasteiger charge is 2.37. The van der Waals surface area contributed by atoms with Gasteiger partial charge in [-0.25, -0.2) is 0 Å². The fourth-order valence-corrected chi connectivity index (χ4v) is 7.67. The Kier molecular flexibility index (Phi) is 8.88. The lowest BCUT2D eigenvalue weighted by Crippen LogP contribution is -2.37. The van der Waals surface area contributed by atoms with E-state index in [0.29, 0.717) is 0 Å². The molecule has 0 unspecified atom stereocenters. The van der Waals surface area contributed by atoms with Crippen LogP contribution in [0.2, 0.25) is 0 Å². The fourth-order valence-electron chi connectivity index (χ4n) is 4.77. The Morgan fingerprint density at radius 3 is 0.886 bits per heavy atom. The molecule has 3 rings (SSSR count). The van der Waals surface area contributed by atoms with Crippen LogP contribution < -0.4 is 5.11 Å². The molecule has 0 spiro atoms. The van der Waals surface area contributed by atoms with Gasteiger partial charge in [-0.1, -0.05) is 53.1 Å². The van der Waals surface area contributed by atoms with Crippen molar-refractivity contribution in [1.82, 2.24) is 0 Å². The van der Waals surface area contributed by atoms with Crippen LogP contribution in [0.4, 0.5) is 13.2 Å². The Balaban J connectivity index is 0.000000540. The van der Waals surface area contributed by atoms with Gasteiger partial charge in [0.2, 0.25) is 0 Å². The van der Waals surface area contributed by atoms with E-state index >= 15 is 0 Å². The highest BCUT2D eigenvalue weighted by Crippen LogP contribution is 2.42. The largest absolute Gasteiger partial charge is 0.542 e. The van der Waals surface area contributed by atoms with Crippen molar-refractivity contribution in [3.8, 4) is 0 Å². The molecule has 0 radical (unpaired) electrons. The van der Waals surface area contributed by atoms with Crippen molar-refractivity contribution in [2.45, 2.75) is 83.2 Å². The lowest BCUT2D eigenvalue weighted by Gasteiger charge is -2.20. The molecule has 188 valence electrons. The van der Waals surface area contributed by atoms with Crippen molar-refractivity contribution in [2.75, 3.05) is 0 Å².